The van der Waals surface area contributed by atoms with Crippen molar-refractivity contribution in [1.82, 2.24) is 25.3 Å². The third kappa shape index (κ3) is 3.73. The van der Waals surface area contributed by atoms with E-state index in [0.29, 0.717) is 17.3 Å². The van der Waals surface area contributed by atoms with E-state index in [9.17, 15) is 5.11 Å². The number of aryl methyl sites for hydroxylation is 1. The summed E-state index contributed by atoms with van der Waals surface area (Å²) in [6.07, 6.45) is 3.02. The molecule has 0 radical (unpaired) electrons. The van der Waals surface area contributed by atoms with Crippen LogP contribution in [-0.2, 0) is 7.05 Å². The van der Waals surface area contributed by atoms with E-state index in [-0.39, 0.29) is 11.3 Å². The van der Waals surface area contributed by atoms with Crippen LogP contribution in [0.25, 0.3) is 22.2 Å². The molecule has 3 aromatic rings. The second-order valence-corrected chi connectivity index (χ2v) is 8.33. The van der Waals surface area contributed by atoms with Crippen molar-refractivity contribution in [3.05, 3.63) is 30.5 Å². The number of nitrogens with one attached hydrogen (secondary N) is 1. The van der Waals surface area contributed by atoms with Gasteiger partial charge in [0, 0.05) is 54.9 Å². The van der Waals surface area contributed by atoms with E-state index in [2.05, 4.69) is 46.3 Å². The van der Waals surface area contributed by atoms with Gasteiger partial charge < -0.3 is 15.3 Å². The van der Waals surface area contributed by atoms with Crippen molar-refractivity contribution in [2.24, 2.45) is 7.05 Å². The Hall–Kier alpha value is -2.67. The fourth-order valence-electron chi connectivity index (χ4n) is 3.73. The van der Waals surface area contributed by atoms with Gasteiger partial charge in [0.25, 0.3) is 0 Å². The number of benzene rings is 1. The lowest BCUT2D eigenvalue weighted by Gasteiger charge is -2.26. The second-order valence-electron chi connectivity index (χ2n) is 8.33. The predicted molar refractivity (Wildman–Crippen MR) is 107 cm³/mol. The average molecular weight is 366 g/mol. The fourth-order valence-corrected chi connectivity index (χ4v) is 3.73. The molecule has 0 saturated carbocycles. The van der Waals surface area contributed by atoms with Crippen molar-refractivity contribution < 1.29 is 5.11 Å². The third-order valence-electron chi connectivity index (χ3n) is 4.81. The molecule has 0 aliphatic carbocycles. The Balaban J connectivity index is 1.54. The van der Waals surface area contributed by atoms with Gasteiger partial charge in [-0.15, -0.1) is 10.2 Å². The maximum Gasteiger partial charge on any atom is 0.151 e. The summed E-state index contributed by atoms with van der Waals surface area (Å²) in [6.45, 7) is 8.47. The standard InChI is InChI=1S/C20H26N6O/c1-20(2,3)21-14-7-8-26(12-14)19-6-5-16(22-23-19)15-9-13-11-25(4)24-17(13)10-18(15)27/h5-6,9-11,14,21,27H,7-8,12H2,1-4H3/t14-/m0/s1. The van der Waals surface area contributed by atoms with Gasteiger partial charge >= 0.3 is 0 Å². The highest BCUT2D eigenvalue weighted by Crippen LogP contribution is 2.32. The van der Waals surface area contributed by atoms with Gasteiger partial charge in [-0.2, -0.15) is 5.10 Å². The lowest BCUT2D eigenvalue weighted by atomic mass is 10.1. The maximum atomic E-state index is 10.4. The van der Waals surface area contributed by atoms with E-state index >= 15 is 0 Å². The minimum atomic E-state index is 0.110. The van der Waals surface area contributed by atoms with Crippen molar-refractivity contribution in [3.8, 4) is 17.0 Å². The van der Waals surface area contributed by atoms with Crippen LogP contribution in [-0.4, -0.2) is 49.8 Å². The summed E-state index contributed by atoms with van der Waals surface area (Å²) in [4.78, 5) is 2.25. The maximum absolute atomic E-state index is 10.4. The molecule has 7 nitrogen and oxygen atoms in total. The summed E-state index contributed by atoms with van der Waals surface area (Å²) in [5.74, 6) is 1.04. The molecule has 7 heteroatoms. The van der Waals surface area contributed by atoms with Gasteiger partial charge in [0.2, 0.25) is 0 Å². The molecule has 1 saturated heterocycles. The molecule has 2 aromatic heterocycles. The highest BCUT2D eigenvalue weighted by Gasteiger charge is 2.26. The summed E-state index contributed by atoms with van der Waals surface area (Å²) in [5.41, 5.74) is 2.20. The Morgan fingerprint density at radius 1 is 1.19 bits per heavy atom. The molecule has 0 unspecified atom stereocenters. The van der Waals surface area contributed by atoms with Crippen LogP contribution in [0.1, 0.15) is 27.2 Å². The number of phenols is 1. The van der Waals surface area contributed by atoms with Crippen LogP contribution >= 0.6 is 0 Å². The number of hydrogen-bond donors (Lipinski definition) is 2. The van der Waals surface area contributed by atoms with Crippen LogP contribution in [0.2, 0.25) is 0 Å². The highest BCUT2D eigenvalue weighted by atomic mass is 16.3. The summed E-state index contributed by atoms with van der Waals surface area (Å²) < 4.78 is 1.73. The lowest BCUT2D eigenvalue weighted by molar-refractivity contribution is 0.373. The van der Waals surface area contributed by atoms with Gasteiger partial charge in [-0.1, -0.05) is 0 Å². The monoisotopic (exact) mass is 366 g/mol. The molecule has 1 fully saturated rings. The molecule has 1 atom stereocenters. The molecule has 3 heterocycles. The first-order chi connectivity index (χ1) is 12.8. The van der Waals surface area contributed by atoms with Crippen LogP contribution in [0.3, 0.4) is 0 Å². The summed E-state index contributed by atoms with van der Waals surface area (Å²) >= 11 is 0. The van der Waals surface area contributed by atoms with Crippen molar-refractivity contribution in [2.45, 2.75) is 38.8 Å². The molecule has 0 amide bonds. The van der Waals surface area contributed by atoms with Gasteiger partial charge in [-0.05, 0) is 45.4 Å². The number of aromatic hydroxyl groups is 1. The van der Waals surface area contributed by atoms with E-state index in [4.69, 9.17) is 0 Å². The Bertz CT molecular complexity index is 957. The molecular weight excluding hydrogens is 340 g/mol. The summed E-state index contributed by atoms with van der Waals surface area (Å²) in [7, 11) is 1.86. The van der Waals surface area contributed by atoms with Crippen LogP contribution in [0.5, 0.6) is 5.75 Å². The van der Waals surface area contributed by atoms with Crippen LogP contribution < -0.4 is 10.2 Å². The fraction of sp³-hybridized carbons (Fsp3) is 0.450. The molecule has 4 rings (SSSR count). The highest BCUT2D eigenvalue weighted by molar-refractivity contribution is 5.87. The van der Waals surface area contributed by atoms with Gasteiger partial charge in [0.15, 0.2) is 5.82 Å². The Morgan fingerprint density at radius 2 is 2.00 bits per heavy atom. The zero-order valence-electron chi connectivity index (χ0n) is 16.3. The molecule has 142 valence electrons. The smallest absolute Gasteiger partial charge is 0.151 e. The molecular formula is C20H26N6O. The van der Waals surface area contributed by atoms with E-state index in [1.807, 2.05) is 31.4 Å². The SMILES string of the molecule is Cn1cc2cc(-c3ccc(N4CC[C@H](NC(C)(C)C)C4)nn3)c(O)cc2n1. The number of phenolic OH excluding ortho intramolecular Hbond substituents is 1. The third-order valence-corrected chi connectivity index (χ3v) is 4.81. The van der Waals surface area contributed by atoms with Crippen molar-refractivity contribution in [1.29, 1.82) is 0 Å². The topological polar surface area (TPSA) is 79.1 Å². The van der Waals surface area contributed by atoms with Crippen LogP contribution in [0.4, 0.5) is 5.82 Å². The molecule has 1 aromatic carbocycles. The van der Waals surface area contributed by atoms with Gasteiger partial charge in [0.1, 0.15) is 5.75 Å². The number of rotatable bonds is 3. The number of anilines is 1. The predicted octanol–water partition coefficient (Wildman–Crippen LogP) is 2.70. The van der Waals surface area contributed by atoms with E-state index < -0.39 is 0 Å². The van der Waals surface area contributed by atoms with Crippen molar-refractivity contribution in [3.63, 3.8) is 0 Å². The lowest BCUT2D eigenvalue weighted by Crippen LogP contribution is -2.45. The molecule has 1 aliphatic rings. The Morgan fingerprint density at radius 3 is 2.70 bits per heavy atom. The Kier molecular flexibility index (Phi) is 4.26. The van der Waals surface area contributed by atoms with Gasteiger partial charge in [0.05, 0.1) is 11.2 Å². The van der Waals surface area contributed by atoms with Gasteiger partial charge in [-0.3, -0.25) is 4.68 Å². The largest absolute Gasteiger partial charge is 0.507 e. The Labute approximate surface area is 159 Å². The normalized spacial score (nSPS) is 17.8. The molecule has 1 aliphatic heterocycles. The molecule has 2 N–H and O–H groups in total. The zero-order chi connectivity index (χ0) is 19.2. The van der Waals surface area contributed by atoms with E-state index in [1.54, 1.807) is 10.7 Å². The number of aromatic nitrogens is 4. The number of nitrogens with zero attached hydrogens (tertiary/aromatic N) is 5. The zero-order valence-corrected chi connectivity index (χ0v) is 16.3. The van der Waals surface area contributed by atoms with E-state index in [1.165, 1.54) is 0 Å². The van der Waals surface area contributed by atoms with Gasteiger partial charge in [-0.25, -0.2) is 0 Å². The molecule has 0 spiro atoms. The second kappa shape index (κ2) is 6.49. The average Bonchev–Trinajstić information content (AvgIpc) is 3.18. The van der Waals surface area contributed by atoms with Crippen molar-refractivity contribution >= 4 is 16.7 Å². The number of hydrogen-bond acceptors (Lipinski definition) is 6. The minimum absolute atomic E-state index is 0.110. The van der Waals surface area contributed by atoms with Crippen molar-refractivity contribution in [2.75, 3.05) is 18.0 Å². The van der Waals surface area contributed by atoms with E-state index in [0.717, 1.165) is 36.2 Å². The summed E-state index contributed by atoms with van der Waals surface area (Å²) in [6, 6.07) is 7.94. The van der Waals surface area contributed by atoms with Crippen LogP contribution in [0.15, 0.2) is 30.5 Å². The molecule has 27 heavy (non-hydrogen) atoms. The molecule has 0 bridgehead atoms. The summed E-state index contributed by atoms with van der Waals surface area (Å²) in [5, 5.41) is 28.1. The number of fused-ring (bicyclic) bond motifs is 1. The first-order valence-corrected chi connectivity index (χ1v) is 9.32. The first-order valence-electron chi connectivity index (χ1n) is 9.32. The quantitative estimate of drug-likeness (QED) is 0.742. The minimum Gasteiger partial charge on any atom is -0.507 e. The first kappa shape index (κ1) is 17.7. The van der Waals surface area contributed by atoms with Crippen LogP contribution in [0, 0.1) is 0 Å².